The van der Waals surface area contributed by atoms with E-state index in [1.54, 1.807) is 0 Å². The monoisotopic (exact) mass is 126 g/mol. The minimum absolute atomic E-state index is 0.0504. The number of rotatable bonds is 2. The molecule has 51 valence electrons. The van der Waals surface area contributed by atoms with E-state index in [0.29, 0.717) is 12.5 Å². The van der Waals surface area contributed by atoms with Crippen LogP contribution in [0.4, 0.5) is 0 Å². The summed E-state index contributed by atoms with van der Waals surface area (Å²) in [5.74, 6) is 0.0504. The van der Waals surface area contributed by atoms with Gasteiger partial charge in [0, 0.05) is 19.4 Å². The summed E-state index contributed by atoms with van der Waals surface area (Å²) in [6.45, 7) is 4.39. The summed E-state index contributed by atoms with van der Waals surface area (Å²) < 4.78 is 0. The van der Waals surface area contributed by atoms with Crippen molar-refractivity contribution in [3.05, 3.63) is 6.92 Å². The number of Topliss-reactive ketones (excluding diaryl/α,β-unsaturated/α-hetero) is 1. The summed E-state index contributed by atoms with van der Waals surface area (Å²) in [4.78, 5) is 10.4. The first kappa shape index (κ1) is 6.75. The SMILES string of the molecule is [CH2]C(=O)CC1CCCN1. The number of ketones is 1. The fourth-order valence-corrected chi connectivity index (χ4v) is 1.21. The molecule has 0 amide bonds. The summed E-state index contributed by atoms with van der Waals surface area (Å²) >= 11 is 0. The Balaban J connectivity index is 2.19. The fraction of sp³-hybridized carbons (Fsp3) is 0.714. The minimum Gasteiger partial charge on any atom is -0.314 e. The van der Waals surface area contributed by atoms with E-state index in [2.05, 4.69) is 12.2 Å². The lowest BCUT2D eigenvalue weighted by Crippen LogP contribution is -2.23. The molecule has 0 aliphatic carbocycles. The maximum atomic E-state index is 10.4. The number of hydrogen-bond donors (Lipinski definition) is 1. The van der Waals surface area contributed by atoms with Gasteiger partial charge in [-0.15, -0.1) is 0 Å². The highest BCUT2D eigenvalue weighted by Crippen LogP contribution is 2.07. The highest BCUT2D eigenvalue weighted by molar-refractivity contribution is 5.83. The van der Waals surface area contributed by atoms with Gasteiger partial charge < -0.3 is 5.32 Å². The van der Waals surface area contributed by atoms with Gasteiger partial charge >= 0.3 is 0 Å². The predicted octanol–water partition coefficient (Wildman–Crippen LogP) is 0.532. The third kappa shape index (κ3) is 2.14. The molecule has 2 nitrogen and oxygen atoms in total. The molecule has 1 unspecified atom stereocenters. The molecular formula is C7H12NO. The van der Waals surface area contributed by atoms with Gasteiger partial charge in [-0.1, -0.05) is 0 Å². The maximum absolute atomic E-state index is 10.4. The summed E-state index contributed by atoms with van der Waals surface area (Å²) in [7, 11) is 0. The Hall–Kier alpha value is -0.370. The second kappa shape index (κ2) is 2.97. The van der Waals surface area contributed by atoms with Crippen LogP contribution in [0.2, 0.25) is 0 Å². The molecular weight excluding hydrogens is 114 g/mol. The van der Waals surface area contributed by atoms with Crippen LogP contribution < -0.4 is 5.32 Å². The van der Waals surface area contributed by atoms with Crippen molar-refractivity contribution >= 4 is 5.78 Å². The Labute approximate surface area is 55.6 Å². The van der Waals surface area contributed by atoms with Crippen LogP contribution in [0, 0.1) is 6.92 Å². The molecule has 1 saturated heterocycles. The molecule has 0 bridgehead atoms. The first-order valence-corrected chi connectivity index (χ1v) is 3.37. The van der Waals surface area contributed by atoms with E-state index >= 15 is 0 Å². The van der Waals surface area contributed by atoms with Crippen LogP contribution in [-0.2, 0) is 4.79 Å². The molecule has 0 aromatic carbocycles. The summed E-state index contributed by atoms with van der Waals surface area (Å²) in [6.07, 6.45) is 2.96. The molecule has 1 atom stereocenters. The van der Waals surface area contributed by atoms with Crippen LogP contribution in [0.15, 0.2) is 0 Å². The molecule has 1 N–H and O–H groups in total. The van der Waals surface area contributed by atoms with Gasteiger partial charge in [0.2, 0.25) is 0 Å². The van der Waals surface area contributed by atoms with Gasteiger partial charge in [0.25, 0.3) is 0 Å². The van der Waals surface area contributed by atoms with Gasteiger partial charge in [-0.25, -0.2) is 0 Å². The maximum Gasteiger partial charge on any atom is 0.134 e. The highest BCUT2D eigenvalue weighted by Gasteiger charge is 2.14. The van der Waals surface area contributed by atoms with E-state index in [9.17, 15) is 4.79 Å². The molecule has 1 heterocycles. The van der Waals surface area contributed by atoms with Crippen LogP contribution in [0.3, 0.4) is 0 Å². The van der Waals surface area contributed by atoms with E-state index in [-0.39, 0.29) is 5.78 Å². The van der Waals surface area contributed by atoms with Crippen molar-refractivity contribution in [1.82, 2.24) is 5.32 Å². The second-order valence-corrected chi connectivity index (χ2v) is 2.54. The van der Waals surface area contributed by atoms with Crippen LogP contribution >= 0.6 is 0 Å². The number of carbonyl (C=O) groups is 1. The van der Waals surface area contributed by atoms with Crippen molar-refractivity contribution in [3.8, 4) is 0 Å². The van der Waals surface area contributed by atoms with Crippen LogP contribution in [0.1, 0.15) is 19.3 Å². The van der Waals surface area contributed by atoms with Crippen molar-refractivity contribution in [2.24, 2.45) is 0 Å². The molecule has 0 aromatic rings. The van der Waals surface area contributed by atoms with Crippen molar-refractivity contribution in [1.29, 1.82) is 0 Å². The van der Waals surface area contributed by atoms with Gasteiger partial charge in [0.1, 0.15) is 5.78 Å². The van der Waals surface area contributed by atoms with E-state index < -0.39 is 0 Å². The third-order valence-corrected chi connectivity index (χ3v) is 1.64. The summed E-state index contributed by atoms with van der Waals surface area (Å²) in [5.41, 5.74) is 0. The highest BCUT2D eigenvalue weighted by atomic mass is 16.1. The Kier molecular flexibility index (Phi) is 2.22. The topological polar surface area (TPSA) is 29.1 Å². The number of carbonyl (C=O) groups excluding carboxylic acids is 1. The van der Waals surface area contributed by atoms with Crippen LogP contribution in [-0.4, -0.2) is 18.4 Å². The minimum atomic E-state index is 0.0504. The Morgan fingerprint density at radius 3 is 3.00 bits per heavy atom. The van der Waals surface area contributed by atoms with E-state index in [1.807, 2.05) is 0 Å². The first-order chi connectivity index (χ1) is 4.29. The zero-order chi connectivity index (χ0) is 6.69. The van der Waals surface area contributed by atoms with E-state index in [4.69, 9.17) is 0 Å². The van der Waals surface area contributed by atoms with Crippen molar-refractivity contribution < 1.29 is 4.79 Å². The summed E-state index contributed by atoms with van der Waals surface area (Å²) in [5, 5.41) is 3.23. The Morgan fingerprint density at radius 2 is 2.56 bits per heavy atom. The van der Waals surface area contributed by atoms with Crippen molar-refractivity contribution in [2.45, 2.75) is 25.3 Å². The lowest BCUT2D eigenvalue weighted by atomic mass is 10.1. The average Bonchev–Trinajstić information content (AvgIpc) is 2.15. The molecule has 2 heteroatoms. The molecule has 0 saturated carbocycles. The average molecular weight is 126 g/mol. The van der Waals surface area contributed by atoms with Crippen molar-refractivity contribution in [3.63, 3.8) is 0 Å². The lowest BCUT2D eigenvalue weighted by Gasteiger charge is -2.04. The van der Waals surface area contributed by atoms with Gasteiger partial charge in [0.15, 0.2) is 0 Å². The standard InChI is InChI=1S/C7H12NO/c1-6(9)5-7-3-2-4-8-7/h7-8H,1-5H2. The molecule has 0 spiro atoms. The Bertz CT molecular complexity index is 105. The molecule has 0 aromatic heterocycles. The predicted molar refractivity (Wildman–Crippen MR) is 36.0 cm³/mol. The van der Waals surface area contributed by atoms with Gasteiger partial charge in [0.05, 0.1) is 0 Å². The Morgan fingerprint density at radius 1 is 1.78 bits per heavy atom. The lowest BCUT2D eigenvalue weighted by molar-refractivity contribution is -0.115. The van der Waals surface area contributed by atoms with Crippen LogP contribution in [0.5, 0.6) is 0 Å². The number of nitrogens with one attached hydrogen (secondary N) is 1. The van der Waals surface area contributed by atoms with Gasteiger partial charge in [-0.05, 0) is 19.4 Å². The normalized spacial score (nSPS) is 26.6. The molecule has 1 fully saturated rings. The van der Waals surface area contributed by atoms with Gasteiger partial charge in [-0.3, -0.25) is 4.79 Å². The smallest absolute Gasteiger partial charge is 0.134 e. The van der Waals surface area contributed by atoms with Crippen molar-refractivity contribution in [2.75, 3.05) is 6.54 Å². The zero-order valence-corrected chi connectivity index (χ0v) is 5.52. The van der Waals surface area contributed by atoms with Gasteiger partial charge in [-0.2, -0.15) is 0 Å². The molecule has 1 aliphatic heterocycles. The quantitative estimate of drug-likeness (QED) is 0.584. The van der Waals surface area contributed by atoms with E-state index in [1.165, 1.54) is 6.42 Å². The molecule has 1 aliphatic rings. The fourth-order valence-electron chi connectivity index (χ4n) is 1.21. The second-order valence-electron chi connectivity index (χ2n) is 2.54. The largest absolute Gasteiger partial charge is 0.314 e. The zero-order valence-electron chi connectivity index (χ0n) is 5.52. The van der Waals surface area contributed by atoms with E-state index in [0.717, 1.165) is 13.0 Å². The molecule has 9 heavy (non-hydrogen) atoms. The molecule has 1 rings (SSSR count). The van der Waals surface area contributed by atoms with Crippen LogP contribution in [0.25, 0.3) is 0 Å². The molecule has 1 radical (unpaired) electrons. The third-order valence-electron chi connectivity index (χ3n) is 1.64. The number of hydrogen-bond acceptors (Lipinski definition) is 2. The summed E-state index contributed by atoms with van der Waals surface area (Å²) in [6, 6.07) is 0.426. The first-order valence-electron chi connectivity index (χ1n) is 3.37.